The minimum absolute atomic E-state index is 0.0288. The SMILES string of the molecule is CCOCc1ccc(C(=O)N2CCC[C@@H]2c2nc(N(C)C)ncc2-c2ccncc2)cc1. The lowest BCUT2D eigenvalue weighted by Gasteiger charge is -2.27. The quantitative estimate of drug-likeness (QED) is 0.560. The molecule has 0 saturated carbocycles. The zero-order valence-electron chi connectivity index (χ0n) is 18.9. The Kier molecular flexibility index (Phi) is 6.75. The third-order valence-electron chi connectivity index (χ3n) is 5.70. The molecule has 7 nitrogen and oxygen atoms in total. The molecule has 0 unspecified atom stereocenters. The third-order valence-corrected chi connectivity index (χ3v) is 5.70. The molecule has 32 heavy (non-hydrogen) atoms. The number of pyridine rings is 1. The Morgan fingerprint density at radius 2 is 1.91 bits per heavy atom. The maximum absolute atomic E-state index is 13.5. The van der Waals surface area contributed by atoms with Crippen LogP contribution in [-0.4, -0.2) is 53.0 Å². The molecule has 0 aliphatic carbocycles. The summed E-state index contributed by atoms with van der Waals surface area (Å²) in [4.78, 5) is 30.8. The molecule has 0 N–H and O–H groups in total. The smallest absolute Gasteiger partial charge is 0.254 e. The van der Waals surface area contributed by atoms with E-state index in [1.54, 1.807) is 12.4 Å². The first-order valence-corrected chi connectivity index (χ1v) is 11.0. The van der Waals surface area contributed by atoms with Crippen molar-refractivity contribution >= 4 is 11.9 Å². The average molecular weight is 432 g/mol. The zero-order valence-corrected chi connectivity index (χ0v) is 18.9. The Labute approximate surface area is 189 Å². The molecule has 0 spiro atoms. The van der Waals surface area contributed by atoms with Crippen molar-refractivity contribution < 1.29 is 9.53 Å². The molecule has 4 rings (SSSR count). The van der Waals surface area contributed by atoms with Gasteiger partial charge in [-0.2, -0.15) is 0 Å². The summed E-state index contributed by atoms with van der Waals surface area (Å²) < 4.78 is 5.46. The molecule has 7 heteroatoms. The van der Waals surface area contributed by atoms with Crippen molar-refractivity contribution in [3.05, 3.63) is 71.8 Å². The first kappa shape index (κ1) is 21.9. The van der Waals surface area contributed by atoms with Crippen LogP contribution in [0.1, 0.15) is 47.4 Å². The Hall–Kier alpha value is -3.32. The molecule has 1 saturated heterocycles. The number of hydrogen-bond acceptors (Lipinski definition) is 6. The normalized spacial score (nSPS) is 15.7. The van der Waals surface area contributed by atoms with Crippen LogP contribution in [0, 0.1) is 0 Å². The number of benzene rings is 1. The van der Waals surface area contributed by atoms with E-state index >= 15 is 0 Å². The minimum Gasteiger partial charge on any atom is -0.377 e. The Morgan fingerprint density at radius 3 is 2.59 bits per heavy atom. The second kappa shape index (κ2) is 9.87. The fraction of sp³-hybridized carbons (Fsp3) is 0.360. The van der Waals surface area contributed by atoms with Crippen LogP contribution < -0.4 is 4.90 Å². The van der Waals surface area contributed by atoms with E-state index in [4.69, 9.17) is 9.72 Å². The van der Waals surface area contributed by atoms with E-state index in [1.165, 1.54) is 0 Å². The number of likely N-dealkylation sites (tertiary alicyclic amines) is 1. The number of amides is 1. The van der Waals surface area contributed by atoms with E-state index in [-0.39, 0.29) is 11.9 Å². The fourth-order valence-corrected chi connectivity index (χ4v) is 4.03. The van der Waals surface area contributed by atoms with E-state index in [0.29, 0.717) is 31.3 Å². The molecular weight excluding hydrogens is 402 g/mol. The standard InChI is InChI=1S/C25H29N5O2/c1-4-32-17-18-7-9-20(10-8-18)24(31)30-15-5-6-22(30)23-21(19-11-13-26-14-12-19)16-27-25(28-23)29(2)3/h7-14,16,22H,4-6,15,17H2,1-3H3/t22-/m1/s1. The lowest BCUT2D eigenvalue weighted by molar-refractivity contribution is 0.0733. The van der Waals surface area contributed by atoms with Gasteiger partial charge in [-0.25, -0.2) is 9.97 Å². The zero-order chi connectivity index (χ0) is 22.5. The third kappa shape index (κ3) is 4.62. The van der Waals surface area contributed by atoms with Gasteiger partial charge in [-0.3, -0.25) is 9.78 Å². The topological polar surface area (TPSA) is 71.5 Å². The number of hydrogen-bond donors (Lipinski definition) is 0. The fourth-order valence-electron chi connectivity index (χ4n) is 4.03. The summed E-state index contributed by atoms with van der Waals surface area (Å²) in [6.07, 6.45) is 7.20. The predicted molar refractivity (Wildman–Crippen MR) is 124 cm³/mol. The number of anilines is 1. The Morgan fingerprint density at radius 1 is 1.16 bits per heavy atom. The van der Waals surface area contributed by atoms with Gasteiger partial charge in [0.1, 0.15) is 0 Å². The summed E-state index contributed by atoms with van der Waals surface area (Å²) in [5, 5.41) is 0. The number of aromatic nitrogens is 3. The number of ether oxygens (including phenoxy) is 1. The monoisotopic (exact) mass is 431 g/mol. The lowest BCUT2D eigenvalue weighted by Crippen LogP contribution is -2.31. The van der Waals surface area contributed by atoms with E-state index < -0.39 is 0 Å². The first-order valence-electron chi connectivity index (χ1n) is 11.0. The summed E-state index contributed by atoms with van der Waals surface area (Å²) in [5.74, 6) is 0.665. The molecule has 0 bridgehead atoms. The number of carbonyl (C=O) groups is 1. The van der Waals surface area contributed by atoms with Crippen molar-refractivity contribution in [1.82, 2.24) is 19.9 Å². The second-order valence-corrected chi connectivity index (χ2v) is 8.09. The molecule has 1 aliphatic heterocycles. The van der Waals surface area contributed by atoms with Gasteiger partial charge < -0.3 is 14.5 Å². The van der Waals surface area contributed by atoms with E-state index in [9.17, 15) is 4.79 Å². The average Bonchev–Trinajstić information content (AvgIpc) is 3.32. The van der Waals surface area contributed by atoms with Gasteiger partial charge in [0.25, 0.3) is 5.91 Å². The van der Waals surface area contributed by atoms with Crippen LogP contribution >= 0.6 is 0 Å². The largest absolute Gasteiger partial charge is 0.377 e. The highest BCUT2D eigenvalue weighted by Gasteiger charge is 2.34. The molecule has 1 atom stereocenters. The maximum Gasteiger partial charge on any atom is 0.254 e. The molecule has 1 aliphatic rings. The van der Waals surface area contributed by atoms with Gasteiger partial charge in [-0.05, 0) is 55.2 Å². The van der Waals surface area contributed by atoms with Gasteiger partial charge in [-0.15, -0.1) is 0 Å². The highest BCUT2D eigenvalue weighted by atomic mass is 16.5. The van der Waals surface area contributed by atoms with Gasteiger partial charge in [0.2, 0.25) is 5.95 Å². The van der Waals surface area contributed by atoms with Crippen molar-refractivity contribution in [3.63, 3.8) is 0 Å². The molecule has 3 aromatic rings. The van der Waals surface area contributed by atoms with E-state index in [2.05, 4.69) is 9.97 Å². The van der Waals surface area contributed by atoms with Crippen LogP contribution in [0.3, 0.4) is 0 Å². The maximum atomic E-state index is 13.5. The van der Waals surface area contributed by atoms with Crippen LogP contribution in [0.4, 0.5) is 5.95 Å². The Balaban J connectivity index is 1.66. The van der Waals surface area contributed by atoms with Crippen LogP contribution in [0.5, 0.6) is 0 Å². The minimum atomic E-state index is -0.101. The summed E-state index contributed by atoms with van der Waals surface area (Å²) in [6.45, 7) is 3.91. The number of rotatable bonds is 7. The van der Waals surface area contributed by atoms with Crippen LogP contribution in [0.25, 0.3) is 11.1 Å². The van der Waals surface area contributed by atoms with Crippen LogP contribution in [0.2, 0.25) is 0 Å². The van der Waals surface area contributed by atoms with Gasteiger partial charge >= 0.3 is 0 Å². The highest BCUT2D eigenvalue weighted by molar-refractivity contribution is 5.94. The molecule has 1 fully saturated rings. The first-order chi connectivity index (χ1) is 15.6. The summed E-state index contributed by atoms with van der Waals surface area (Å²) in [7, 11) is 3.85. The summed E-state index contributed by atoms with van der Waals surface area (Å²) >= 11 is 0. The Bertz CT molecular complexity index is 1050. The summed E-state index contributed by atoms with van der Waals surface area (Å²) in [6, 6.07) is 11.5. The van der Waals surface area contributed by atoms with Gasteiger partial charge in [-0.1, -0.05) is 12.1 Å². The lowest BCUT2D eigenvalue weighted by atomic mass is 10.00. The molecular formula is C25H29N5O2. The highest BCUT2D eigenvalue weighted by Crippen LogP contribution is 2.37. The molecule has 2 aromatic heterocycles. The van der Waals surface area contributed by atoms with Crippen LogP contribution in [-0.2, 0) is 11.3 Å². The molecule has 1 amide bonds. The van der Waals surface area contributed by atoms with Crippen molar-refractivity contribution in [3.8, 4) is 11.1 Å². The van der Waals surface area contributed by atoms with Crippen molar-refractivity contribution in [2.45, 2.75) is 32.4 Å². The van der Waals surface area contributed by atoms with Crippen molar-refractivity contribution in [1.29, 1.82) is 0 Å². The summed E-state index contributed by atoms with van der Waals surface area (Å²) in [5.41, 5.74) is 4.57. The predicted octanol–water partition coefficient (Wildman–Crippen LogP) is 4.12. The second-order valence-electron chi connectivity index (χ2n) is 8.09. The molecule has 3 heterocycles. The van der Waals surface area contributed by atoms with Crippen LogP contribution in [0.15, 0.2) is 55.0 Å². The molecule has 1 aromatic carbocycles. The van der Waals surface area contributed by atoms with Gasteiger partial charge in [0, 0.05) is 57.0 Å². The van der Waals surface area contributed by atoms with E-state index in [0.717, 1.165) is 35.2 Å². The number of carbonyl (C=O) groups excluding carboxylic acids is 1. The van der Waals surface area contributed by atoms with E-state index in [1.807, 2.05) is 73.4 Å². The van der Waals surface area contributed by atoms with Gasteiger partial charge in [0.15, 0.2) is 0 Å². The molecule has 0 radical (unpaired) electrons. The number of nitrogens with zero attached hydrogens (tertiary/aromatic N) is 5. The molecule has 166 valence electrons. The van der Waals surface area contributed by atoms with Gasteiger partial charge in [0.05, 0.1) is 18.3 Å². The van der Waals surface area contributed by atoms with Crippen molar-refractivity contribution in [2.24, 2.45) is 0 Å². The van der Waals surface area contributed by atoms with Crippen molar-refractivity contribution in [2.75, 3.05) is 32.1 Å².